The second kappa shape index (κ2) is 5.18. The van der Waals surface area contributed by atoms with Crippen LogP contribution in [0.2, 0.25) is 0 Å². The van der Waals surface area contributed by atoms with E-state index in [1.807, 2.05) is 0 Å². The molecule has 3 heterocycles. The van der Waals surface area contributed by atoms with E-state index in [0.29, 0.717) is 35.9 Å². The number of hydrogen-bond donors (Lipinski definition) is 2. The van der Waals surface area contributed by atoms with Crippen LogP contribution in [0.3, 0.4) is 0 Å². The normalized spacial score (nSPS) is 14.8. The van der Waals surface area contributed by atoms with Crippen LogP contribution in [-0.4, -0.2) is 25.0 Å². The minimum absolute atomic E-state index is 0.0199. The molecule has 0 spiro atoms. The third kappa shape index (κ3) is 2.64. The highest BCUT2D eigenvalue weighted by Gasteiger charge is 2.21. The summed E-state index contributed by atoms with van der Waals surface area (Å²) >= 11 is 1.26. The van der Waals surface area contributed by atoms with Gasteiger partial charge in [0.15, 0.2) is 10.7 Å². The summed E-state index contributed by atoms with van der Waals surface area (Å²) in [6.07, 6.45) is 0.676. The number of nitrogens with zero attached hydrogens (tertiary/aromatic N) is 1. The number of anilines is 1. The molecule has 23 heavy (non-hydrogen) atoms. The Hall–Kier alpha value is -2.17. The minimum atomic E-state index is -3.80. The van der Waals surface area contributed by atoms with Crippen molar-refractivity contribution in [3.05, 3.63) is 39.3 Å². The van der Waals surface area contributed by atoms with Crippen LogP contribution in [0.1, 0.15) is 10.6 Å². The monoisotopic (exact) mass is 353 g/mol. The van der Waals surface area contributed by atoms with Crippen molar-refractivity contribution in [2.75, 3.05) is 11.3 Å². The van der Waals surface area contributed by atoms with Crippen LogP contribution in [0.5, 0.6) is 0 Å². The number of nitrogens with one attached hydrogen (secondary N) is 2. The van der Waals surface area contributed by atoms with Crippen molar-refractivity contribution in [2.45, 2.75) is 17.9 Å². The first-order valence-electron chi connectivity index (χ1n) is 6.73. The summed E-state index contributed by atoms with van der Waals surface area (Å²) in [6.45, 7) is 1.05. The molecule has 0 aliphatic carbocycles. The minimum Gasteiger partial charge on any atom is -0.408 e. The molecule has 0 saturated carbocycles. The number of H-pyrrole nitrogens is 1. The first-order valence-corrected chi connectivity index (χ1v) is 9.03. The number of thiazole rings is 1. The summed E-state index contributed by atoms with van der Waals surface area (Å²) in [5, 5.41) is 0.307. The Labute approximate surface area is 134 Å². The fraction of sp³-hybridized carbons (Fsp3) is 0.231. The Morgan fingerprint density at radius 1 is 1.35 bits per heavy atom. The zero-order valence-electron chi connectivity index (χ0n) is 11.7. The molecular weight excluding hydrogens is 342 g/mol. The van der Waals surface area contributed by atoms with Crippen molar-refractivity contribution in [1.82, 2.24) is 9.97 Å². The van der Waals surface area contributed by atoms with E-state index in [1.165, 1.54) is 29.5 Å². The molecule has 0 saturated heterocycles. The number of hydrogen-bond acceptors (Lipinski definition) is 7. The average Bonchev–Trinajstić information content (AvgIpc) is 3.06. The zero-order chi connectivity index (χ0) is 16.0. The van der Waals surface area contributed by atoms with Gasteiger partial charge in [-0.1, -0.05) is 11.3 Å². The van der Waals surface area contributed by atoms with Gasteiger partial charge in [-0.2, -0.15) is 0 Å². The number of ether oxygens (including phenoxy) is 1. The molecule has 0 bridgehead atoms. The Bertz CT molecular complexity index is 1020. The molecule has 0 atom stereocenters. The molecular formula is C13H11N3O5S2. The van der Waals surface area contributed by atoms with Crippen LogP contribution < -0.4 is 10.5 Å². The number of aromatic amines is 1. The summed E-state index contributed by atoms with van der Waals surface area (Å²) in [7, 11) is -3.80. The maximum atomic E-state index is 12.5. The predicted molar refractivity (Wildman–Crippen MR) is 83.1 cm³/mol. The van der Waals surface area contributed by atoms with E-state index in [9.17, 15) is 13.2 Å². The molecule has 0 unspecified atom stereocenters. The SMILES string of the molecule is O=c1[nH]c2cc(S(=O)(=O)Nc3nc4c(s3)COCC4)ccc2o1. The van der Waals surface area contributed by atoms with Gasteiger partial charge in [-0.25, -0.2) is 18.2 Å². The summed E-state index contributed by atoms with van der Waals surface area (Å²) in [5.74, 6) is -0.630. The lowest BCUT2D eigenvalue weighted by Crippen LogP contribution is -2.13. The highest BCUT2D eigenvalue weighted by atomic mass is 32.2. The van der Waals surface area contributed by atoms with Gasteiger partial charge in [-0.3, -0.25) is 9.71 Å². The highest BCUT2D eigenvalue weighted by Crippen LogP contribution is 2.29. The van der Waals surface area contributed by atoms with Crippen molar-refractivity contribution >= 4 is 37.6 Å². The third-order valence-electron chi connectivity index (χ3n) is 3.42. The maximum Gasteiger partial charge on any atom is 0.417 e. The van der Waals surface area contributed by atoms with Gasteiger partial charge in [0.2, 0.25) is 0 Å². The Morgan fingerprint density at radius 2 is 2.22 bits per heavy atom. The van der Waals surface area contributed by atoms with Crippen LogP contribution >= 0.6 is 11.3 Å². The standard InChI is InChI=1S/C13H11N3O5S2/c17-13-15-9-5-7(1-2-10(9)21-13)23(18,19)16-12-14-8-3-4-20-6-11(8)22-12/h1-2,5H,3-4,6H2,(H,14,16)(H,15,17). The number of fused-ring (bicyclic) bond motifs is 2. The first kappa shape index (κ1) is 14.4. The van der Waals surface area contributed by atoms with Gasteiger partial charge < -0.3 is 9.15 Å². The predicted octanol–water partition coefficient (Wildman–Crippen LogP) is 1.45. The van der Waals surface area contributed by atoms with Crippen molar-refractivity contribution in [3.8, 4) is 0 Å². The molecule has 1 aliphatic rings. The van der Waals surface area contributed by atoms with Gasteiger partial charge in [-0.05, 0) is 18.2 Å². The summed E-state index contributed by atoms with van der Waals surface area (Å²) < 4.78 is 37.6. The number of rotatable bonds is 3. The second-order valence-electron chi connectivity index (χ2n) is 4.97. The topological polar surface area (TPSA) is 114 Å². The van der Waals surface area contributed by atoms with E-state index >= 15 is 0 Å². The van der Waals surface area contributed by atoms with Gasteiger partial charge in [0.25, 0.3) is 10.0 Å². The number of oxazole rings is 1. The highest BCUT2D eigenvalue weighted by molar-refractivity contribution is 7.93. The molecule has 0 fully saturated rings. The van der Waals surface area contributed by atoms with E-state index in [2.05, 4.69) is 14.7 Å². The molecule has 1 aliphatic heterocycles. The Morgan fingerprint density at radius 3 is 3.04 bits per heavy atom. The molecule has 0 radical (unpaired) electrons. The summed E-state index contributed by atoms with van der Waals surface area (Å²) in [4.78, 5) is 18.8. The van der Waals surface area contributed by atoms with Crippen LogP contribution in [-0.2, 0) is 27.8 Å². The fourth-order valence-corrected chi connectivity index (χ4v) is 4.55. The summed E-state index contributed by atoms with van der Waals surface area (Å²) in [6, 6.07) is 4.15. The van der Waals surface area contributed by atoms with Crippen LogP contribution in [0.15, 0.2) is 32.3 Å². The van der Waals surface area contributed by atoms with E-state index in [-0.39, 0.29) is 4.90 Å². The van der Waals surface area contributed by atoms with Crippen LogP contribution in [0.25, 0.3) is 11.1 Å². The molecule has 0 amide bonds. The van der Waals surface area contributed by atoms with E-state index < -0.39 is 15.8 Å². The molecule has 8 nitrogen and oxygen atoms in total. The lowest BCUT2D eigenvalue weighted by molar-refractivity contribution is 0.112. The number of benzene rings is 1. The van der Waals surface area contributed by atoms with Gasteiger partial charge in [0, 0.05) is 6.42 Å². The molecule has 120 valence electrons. The molecule has 10 heteroatoms. The molecule has 2 aromatic heterocycles. The zero-order valence-corrected chi connectivity index (χ0v) is 13.3. The van der Waals surface area contributed by atoms with Gasteiger partial charge in [0.05, 0.1) is 34.2 Å². The molecule has 2 N–H and O–H groups in total. The van der Waals surface area contributed by atoms with Gasteiger partial charge in [0.1, 0.15) is 0 Å². The lowest BCUT2D eigenvalue weighted by Gasteiger charge is -2.08. The Kier molecular flexibility index (Phi) is 3.25. The number of aromatic nitrogens is 2. The summed E-state index contributed by atoms with van der Waals surface area (Å²) in [5.41, 5.74) is 1.49. The quantitative estimate of drug-likeness (QED) is 0.736. The third-order valence-corrected chi connectivity index (χ3v) is 5.87. The molecule has 1 aromatic carbocycles. The van der Waals surface area contributed by atoms with Gasteiger partial charge >= 0.3 is 5.76 Å². The first-order chi connectivity index (χ1) is 11.0. The smallest absolute Gasteiger partial charge is 0.408 e. The average molecular weight is 353 g/mol. The van der Waals surface area contributed by atoms with Crippen molar-refractivity contribution < 1.29 is 17.6 Å². The maximum absolute atomic E-state index is 12.5. The molecule has 4 rings (SSSR count). The van der Waals surface area contributed by atoms with E-state index in [0.717, 1.165) is 10.6 Å². The van der Waals surface area contributed by atoms with Crippen molar-refractivity contribution in [3.63, 3.8) is 0 Å². The fourth-order valence-electron chi connectivity index (χ4n) is 2.34. The van der Waals surface area contributed by atoms with Gasteiger partial charge in [-0.15, -0.1) is 0 Å². The number of sulfonamides is 1. The molecule has 3 aromatic rings. The van der Waals surface area contributed by atoms with Crippen molar-refractivity contribution in [1.29, 1.82) is 0 Å². The Balaban J connectivity index is 1.68. The van der Waals surface area contributed by atoms with E-state index in [1.54, 1.807) is 0 Å². The van der Waals surface area contributed by atoms with E-state index in [4.69, 9.17) is 9.15 Å². The largest absolute Gasteiger partial charge is 0.417 e. The van der Waals surface area contributed by atoms with Crippen molar-refractivity contribution in [2.24, 2.45) is 0 Å². The lowest BCUT2D eigenvalue weighted by atomic mass is 10.2. The van der Waals surface area contributed by atoms with Crippen LogP contribution in [0, 0.1) is 0 Å². The second-order valence-corrected chi connectivity index (χ2v) is 7.74. The van der Waals surface area contributed by atoms with Crippen LogP contribution in [0.4, 0.5) is 5.13 Å².